The molecule has 1 aromatic carbocycles. The van der Waals surface area contributed by atoms with E-state index in [9.17, 15) is 15.3 Å². The zero-order valence-electron chi connectivity index (χ0n) is 12.3. The third kappa shape index (κ3) is 2.83. The van der Waals surface area contributed by atoms with Crippen LogP contribution in [0.3, 0.4) is 0 Å². The van der Waals surface area contributed by atoms with Crippen molar-refractivity contribution < 1.29 is 15.3 Å². The van der Waals surface area contributed by atoms with Crippen LogP contribution in [0.15, 0.2) is 12.1 Å². The van der Waals surface area contributed by atoms with Gasteiger partial charge in [-0.15, -0.1) is 0 Å². The maximum absolute atomic E-state index is 10.2. The van der Waals surface area contributed by atoms with E-state index >= 15 is 0 Å². The first-order valence-electron chi connectivity index (χ1n) is 7.01. The molecule has 0 saturated carbocycles. The fourth-order valence-electron chi connectivity index (χ4n) is 2.96. The number of phenols is 3. The topological polar surface area (TPSA) is 76.0 Å². The molecule has 1 aliphatic rings. The summed E-state index contributed by atoms with van der Waals surface area (Å²) in [6.07, 6.45) is 0. The normalized spacial score (nSPS) is 18.9. The van der Waals surface area contributed by atoms with Crippen molar-refractivity contribution in [1.82, 2.24) is 10.2 Å². The summed E-state index contributed by atoms with van der Waals surface area (Å²) in [7, 11) is 0. The highest BCUT2D eigenvalue weighted by Crippen LogP contribution is 2.46. The summed E-state index contributed by atoms with van der Waals surface area (Å²) in [5.74, 6) is -0.949. The van der Waals surface area contributed by atoms with Crippen LogP contribution >= 0.6 is 0 Å². The summed E-state index contributed by atoms with van der Waals surface area (Å²) in [6.45, 7) is 9.95. The van der Waals surface area contributed by atoms with Gasteiger partial charge in [-0.1, -0.05) is 20.8 Å². The van der Waals surface area contributed by atoms with Gasteiger partial charge in [0.2, 0.25) is 5.75 Å². The lowest BCUT2D eigenvalue weighted by atomic mass is 9.80. The minimum atomic E-state index is -0.438. The summed E-state index contributed by atoms with van der Waals surface area (Å²) < 4.78 is 0. The molecular formula is C15H24N2O3. The Balaban J connectivity index is 2.44. The minimum absolute atomic E-state index is 0.0175. The first-order chi connectivity index (χ1) is 9.32. The highest BCUT2D eigenvalue weighted by Gasteiger charge is 2.35. The van der Waals surface area contributed by atoms with Gasteiger partial charge in [0, 0.05) is 37.8 Å². The SMILES string of the molecule is CC(C)(C)[C@H](c1ccc(O)c(O)c1O)N1CCNCC1. The predicted octanol–water partition coefficient (Wildman–Crippen LogP) is 1.80. The largest absolute Gasteiger partial charge is 0.504 e. The van der Waals surface area contributed by atoms with E-state index in [1.807, 2.05) is 0 Å². The van der Waals surface area contributed by atoms with Crippen LogP contribution in [-0.4, -0.2) is 46.4 Å². The Hall–Kier alpha value is -1.46. The van der Waals surface area contributed by atoms with E-state index in [1.165, 1.54) is 6.07 Å². The molecule has 2 rings (SSSR count). The first-order valence-corrected chi connectivity index (χ1v) is 7.01. The van der Waals surface area contributed by atoms with Gasteiger partial charge in [-0.2, -0.15) is 0 Å². The predicted molar refractivity (Wildman–Crippen MR) is 78.1 cm³/mol. The van der Waals surface area contributed by atoms with E-state index in [2.05, 4.69) is 31.0 Å². The summed E-state index contributed by atoms with van der Waals surface area (Å²) in [5.41, 5.74) is 0.563. The number of nitrogens with zero attached hydrogens (tertiary/aromatic N) is 1. The summed E-state index contributed by atoms with van der Waals surface area (Å²) >= 11 is 0. The molecule has 0 spiro atoms. The van der Waals surface area contributed by atoms with Crippen molar-refractivity contribution in [3.63, 3.8) is 0 Å². The molecule has 1 heterocycles. The van der Waals surface area contributed by atoms with Crippen LogP contribution in [0.5, 0.6) is 17.2 Å². The molecule has 20 heavy (non-hydrogen) atoms. The molecule has 5 nitrogen and oxygen atoms in total. The summed E-state index contributed by atoms with van der Waals surface area (Å²) in [6, 6.07) is 3.12. The number of phenolic OH excluding ortho intramolecular Hbond substituents is 3. The van der Waals surface area contributed by atoms with Gasteiger partial charge in [0.05, 0.1) is 0 Å². The Labute approximate surface area is 119 Å². The van der Waals surface area contributed by atoms with Gasteiger partial charge in [0.1, 0.15) is 0 Å². The van der Waals surface area contributed by atoms with Crippen molar-refractivity contribution in [2.24, 2.45) is 5.41 Å². The molecule has 0 aromatic heterocycles. The van der Waals surface area contributed by atoms with Crippen LogP contribution < -0.4 is 5.32 Å². The molecule has 0 amide bonds. The van der Waals surface area contributed by atoms with Crippen molar-refractivity contribution in [3.8, 4) is 17.2 Å². The molecule has 1 atom stereocenters. The number of rotatable bonds is 2. The quantitative estimate of drug-likeness (QED) is 0.622. The number of nitrogens with one attached hydrogen (secondary N) is 1. The van der Waals surface area contributed by atoms with Crippen LogP contribution in [0.25, 0.3) is 0 Å². The van der Waals surface area contributed by atoms with Crippen LogP contribution in [0.2, 0.25) is 0 Å². The third-order valence-corrected chi connectivity index (χ3v) is 3.79. The minimum Gasteiger partial charge on any atom is -0.504 e. The first kappa shape index (κ1) is 14.9. The number of piperazine rings is 1. The van der Waals surface area contributed by atoms with Crippen molar-refractivity contribution >= 4 is 0 Å². The standard InChI is InChI=1S/C15H24N2O3/c1-15(2,3)14(17-8-6-16-7-9-17)10-4-5-11(18)13(20)12(10)19/h4-5,14,16,18-20H,6-9H2,1-3H3/t14-/m0/s1. The Bertz CT molecular complexity index is 477. The molecule has 1 fully saturated rings. The van der Waals surface area contributed by atoms with Crippen molar-refractivity contribution in [2.45, 2.75) is 26.8 Å². The van der Waals surface area contributed by atoms with Crippen LogP contribution in [0, 0.1) is 5.41 Å². The Morgan fingerprint density at radius 1 is 1.05 bits per heavy atom. The summed E-state index contributed by atoms with van der Waals surface area (Å²) in [4.78, 5) is 2.31. The molecule has 1 aliphatic heterocycles. The lowest BCUT2D eigenvalue weighted by Crippen LogP contribution is -2.48. The van der Waals surface area contributed by atoms with Crippen LogP contribution in [-0.2, 0) is 0 Å². The van der Waals surface area contributed by atoms with Gasteiger partial charge in [0.25, 0.3) is 0 Å². The third-order valence-electron chi connectivity index (χ3n) is 3.79. The maximum atomic E-state index is 10.2. The van der Waals surface area contributed by atoms with Gasteiger partial charge in [-0.05, 0) is 17.5 Å². The monoisotopic (exact) mass is 280 g/mol. The average molecular weight is 280 g/mol. The second-order valence-electron chi connectivity index (χ2n) is 6.43. The van der Waals surface area contributed by atoms with E-state index in [1.54, 1.807) is 6.07 Å². The highest BCUT2D eigenvalue weighted by molar-refractivity contribution is 5.54. The van der Waals surface area contributed by atoms with E-state index < -0.39 is 5.75 Å². The number of aromatic hydroxyl groups is 3. The van der Waals surface area contributed by atoms with Gasteiger partial charge >= 0.3 is 0 Å². The van der Waals surface area contributed by atoms with Crippen LogP contribution in [0.4, 0.5) is 0 Å². The average Bonchev–Trinajstić information content (AvgIpc) is 2.39. The molecule has 0 aliphatic carbocycles. The Morgan fingerprint density at radius 2 is 1.65 bits per heavy atom. The second kappa shape index (κ2) is 5.50. The molecule has 0 radical (unpaired) electrons. The summed E-state index contributed by atoms with van der Waals surface area (Å²) in [5, 5.41) is 32.8. The molecule has 5 heteroatoms. The molecular weight excluding hydrogens is 256 g/mol. The number of benzene rings is 1. The fourth-order valence-corrected chi connectivity index (χ4v) is 2.96. The van der Waals surface area contributed by atoms with Crippen LogP contribution in [0.1, 0.15) is 32.4 Å². The van der Waals surface area contributed by atoms with Gasteiger partial charge < -0.3 is 20.6 Å². The van der Waals surface area contributed by atoms with Crippen molar-refractivity contribution in [1.29, 1.82) is 0 Å². The lowest BCUT2D eigenvalue weighted by Gasteiger charge is -2.42. The van der Waals surface area contributed by atoms with E-state index in [-0.39, 0.29) is 23.0 Å². The fraction of sp³-hybridized carbons (Fsp3) is 0.600. The molecule has 0 bridgehead atoms. The Morgan fingerprint density at radius 3 is 2.20 bits per heavy atom. The molecule has 4 N–H and O–H groups in total. The van der Waals surface area contributed by atoms with Crippen molar-refractivity contribution in [2.75, 3.05) is 26.2 Å². The zero-order chi connectivity index (χ0) is 14.9. The van der Waals surface area contributed by atoms with E-state index in [4.69, 9.17) is 0 Å². The van der Waals surface area contributed by atoms with Gasteiger partial charge in [-0.3, -0.25) is 4.90 Å². The van der Waals surface area contributed by atoms with Gasteiger partial charge in [-0.25, -0.2) is 0 Å². The molecule has 1 saturated heterocycles. The number of hydrogen-bond donors (Lipinski definition) is 4. The van der Waals surface area contributed by atoms with Gasteiger partial charge in [0.15, 0.2) is 11.5 Å². The van der Waals surface area contributed by atoms with E-state index in [0.29, 0.717) is 5.56 Å². The molecule has 0 unspecified atom stereocenters. The molecule has 1 aromatic rings. The van der Waals surface area contributed by atoms with Crippen molar-refractivity contribution in [3.05, 3.63) is 17.7 Å². The smallest absolute Gasteiger partial charge is 0.200 e. The second-order valence-corrected chi connectivity index (χ2v) is 6.43. The maximum Gasteiger partial charge on any atom is 0.200 e. The molecule has 112 valence electrons. The highest BCUT2D eigenvalue weighted by atomic mass is 16.3. The number of hydrogen-bond acceptors (Lipinski definition) is 5. The van der Waals surface area contributed by atoms with E-state index in [0.717, 1.165) is 26.2 Å². The zero-order valence-corrected chi connectivity index (χ0v) is 12.3. The lowest BCUT2D eigenvalue weighted by molar-refractivity contribution is 0.0838. The Kier molecular flexibility index (Phi) is 4.11.